The number of carbonyl (C=O) groups excluding carboxylic acids is 2. The highest BCUT2D eigenvalue weighted by molar-refractivity contribution is 5.78. The molecule has 5 nitrogen and oxygen atoms in total. The molecule has 2 rings (SSSR count). The van der Waals surface area contributed by atoms with Crippen molar-refractivity contribution in [1.82, 2.24) is 10.2 Å². The van der Waals surface area contributed by atoms with Gasteiger partial charge in [0.2, 0.25) is 0 Å². The van der Waals surface area contributed by atoms with Crippen molar-refractivity contribution < 1.29 is 14.3 Å². The van der Waals surface area contributed by atoms with Gasteiger partial charge in [0.05, 0.1) is 6.54 Å². The highest BCUT2D eigenvalue weighted by Crippen LogP contribution is 2.18. The fourth-order valence-electron chi connectivity index (χ4n) is 2.37. The molecule has 1 amide bonds. The quantitative estimate of drug-likeness (QED) is 0.756. The normalized spacial score (nSPS) is 30.9. The molecule has 0 aliphatic carbocycles. The first-order valence-electron chi connectivity index (χ1n) is 5.82. The molecule has 16 heavy (non-hydrogen) atoms. The van der Waals surface area contributed by atoms with E-state index in [4.69, 9.17) is 4.74 Å². The van der Waals surface area contributed by atoms with Crippen molar-refractivity contribution >= 4 is 11.9 Å². The maximum absolute atomic E-state index is 11.3. The molecule has 0 spiro atoms. The molecule has 0 saturated carbocycles. The van der Waals surface area contributed by atoms with Gasteiger partial charge >= 0.3 is 6.09 Å². The number of nitrogens with one attached hydrogen (secondary N) is 1. The number of piperidine rings is 1. The van der Waals surface area contributed by atoms with Gasteiger partial charge in [-0.25, -0.2) is 4.79 Å². The van der Waals surface area contributed by atoms with Crippen LogP contribution in [0.3, 0.4) is 0 Å². The first-order chi connectivity index (χ1) is 7.65. The monoisotopic (exact) mass is 226 g/mol. The van der Waals surface area contributed by atoms with E-state index in [1.54, 1.807) is 6.92 Å². The van der Waals surface area contributed by atoms with E-state index in [1.807, 2.05) is 0 Å². The number of ketones is 1. The van der Waals surface area contributed by atoms with E-state index in [0.29, 0.717) is 6.54 Å². The minimum atomic E-state index is -0.329. The highest BCUT2D eigenvalue weighted by Gasteiger charge is 2.28. The molecule has 2 aliphatic rings. The van der Waals surface area contributed by atoms with Gasteiger partial charge in [-0.05, 0) is 26.3 Å². The topological polar surface area (TPSA) is 58.6 Å². The molecule has 2 atom stereocenters. The van der Waals surface area contributed by atoms with Crippen molar-refractivity contribution in [3.05, 3.63) is 0 Å². The summed E-state index contributed by atoms with van der Waals surface area (Å²) in [7, 11) is 0. The van der Waals surface area contributed by atoms with Crippen LogP contribution in [0.4, 0.5) is 4.79 Å². The lowest BCUT2D eigenvalue weighted by Crippen LogP contribution is -2.42. The molecule has 0 aromatic carbocycles. The van der Waals surface area contributed by atoms with Gasteiger partial charge in [0.15, 0.2) is 0 Å². The average Bonchev–Trinajstić information content (AvgIpc) is 2.64. The lowest BCUT2D eigenvalue weighted by Gasteiger charge is -2.32. The molecule has 0 aromatic rings. The van der Waals surface area contributed by atoms with Gasteiger partial charge in [-0.2, -0.15) is 0 Å². The Morgan fingerprint density at radius 3 is 3.06 bits per heavy atom. The minimum absolute atomic E-state index is 0.0572. The third-order valence-corrected chi connectivity index (χ3v) is 3.29. The van der Waals surface area contributed by atoms with Crippen LogP contribution in [0.15, 0.2) is 0 Å². The second-order valence-electron chi connectivity index (χ2n) is 4.62. The number of alkyl carbamates (subject to hydrolysis) is 1. The highest BCUT2D eigenvalue weighted by atomic mass is 16.6. The number of Topliss-reactive ketones (excluding diaryl/α,β-unsaturated/α-hetero) is 1. The van der Waals surface area contributed by atoms with Crippen LogP contribution < -0.4 is 5.32 Å². The van der Waals surface area contributed by atoms with Crippen molar-refractivity contribution in [2.45, 2.75) is 25.9 Å². The summed E-state index contributed by atoms with van der Waals surface area (Å²) < 4.78 is 5.08. The number of rotatable bonds is 3. The Balaban J connectivity index is 1.81. The van der Waals surface area contributed by atoms with E-state index in [9.17, 15) is 9.59 Å². The number of likely N-dealkylation sites (tertiary alicyclic amines) is 1. The molecular weight excluding hydrogens is 208 g/mol. The van der Waals surface area contributed by atoms with Crippen LogP contribution in [0.5, 0.6) is 0 Å². The smallest absolute Gasteiger partial charge is 0.407 e. The summed E-state index contributed by atoms with van der Waals surface area (Å²) in [5.74, 6) is 0.435. The number of nitrogens with zero attached hydrogens (tertiary/aromatic N) is 1. The Hall–Kier alpha value is -1.10. The lowest BCUT2D eigenvalue weighted by atomic mass is 9.94. The largest absolute Gasteiger partial charge is 0.443 e. The molecule has 5 heteroatoms. The zero-order valence-corrected chi connectivity index (χ0v) is 9.57. The van der Waals surface area contributed by atoms with Gasteiger partial charge in [0.1, 0.15) is 11.9 Å². The Labute approximate surface area is 95.1 Å². The second-order valence-corrected chi connectivity index (χ2v) is 4.62. The predicted octanol–water partition coefficient (Wildman–Crippen LogP) is 0.396. The molecule has 0 aromatic heterocycles. The minimum Gasteiger partial charge on any atom is -0.443 e. The molecule has 2 fully saturated rings. The number of ether oxygens (including phenoxy) is 1. The van der Waals surface area contributed by atoms with Crippen molar-refractivity contribution in [1.29, 1.82) is 0 Å². The third-order valence-electron chi connectivity index (χ3n) is 3.29. The number of carbonyl (C=O) groups is 2. The van der Waals surface area contributed by atoms with Gasteiger partial charge < -0.3 is 10.1 Å². The maximum Gasteiger partial charge on any atom is 0.407 e. The van der Waals surface area contributed by atoms with Crippen LogP contribution in [-0.4, -0.2) is 49.1 Å². The number of cyclic esters (lactones) is 1. The molecule has 90 valence electrons. The SMILES string of the molecule is CC(=O)C1CCCN(CC2CNC(=O)O2)C1. The Kier molecular flexibility index (Phi) is 3.43. The van der Waals surface area contributed by atoms with Gasteiger partial charge in [-0.15, -0.1) is 0 Å². The first kappa shape index (κ1) is 11.4. The van der Waals surface area contributed by atoms with Crippen LogP contribution >= 0.6 is 0 Å². The summed E-state index contributed by atoms with van der Waals surface area (Å²) >= 11 is 0. The predicted molar refractivity (Wildman–Crippen MR) is 58.1 cm³/mol. The molecule has 0 bridgehead atoms. The summed E-state index contributed by atoms with van der Waals surface area (Å²) in [5, 5.41) is 2.64. The Morgan fingerprint density at radius 2 is 2.44 bits per heavy atom. The van der Waals surface area contributed by atoms with E-state index < -0.39 is 0 Å². The number of hydrogen-bond donors (Lipinski definition) is 1. The lowest BCUT2D eigenvalue weighted by molar-refractivity contribution is -0.122. The standard InChI is InChI=1S/C11H18N2O3/c1-8(14)9-3-2-4-13(6-9)7-10-5-12-11(15)16-10/h9-10H,2-7H2,1H3,(H,12,15). The van der Waals surface area contributed by atoms with Crippen molar-refractivity contribution in [3.8, 4) is 0 Å². The molecule has 1 N–H and O–H groups in total. The van der Waals surface area contributed by atoms with Gasteiger partial charge in [-0.3, -0.25) is 9.69 Å². The zero-order chi connectivity index (χ0) is 11.5. The first-order valence-corrected chi connectivity index (χ1v) is 5.82. The molecular formula is C11H18N2O3. The second kappa shape index (κ2) is 4.82. The van der Waals surface area contributed by atoms with Crippen molar-refractivity contribution in [2.75, 3.05) is 26.2 Å². The summed E-state index contributed by atoms with van der Waals surface area (Å²) in [6, 6.07) is 0. The summed E-state index contributed by atoms with van der Waals surface area (Å²) in [4.78, 5) is 24.4. The zero-order valence-electron chi connectivity index (χ0n) is 9.57. The molecule has 2 saturated heterocycles. The molecule has 2 aliphatic heterocycles. The molecule has 2 heterocycles. The van der Waals surface area contributed by atoms with Crippen molar-refractivity contribution in [3.63, 3.8) is 0 Å². The Morgan fingerprint density at radius 1 is 1.62 bits per heavy atom. The fourth-order valence-corrected chi connectivity index (χ4v) is 2.37. The van der Waals surface area contributed by atoms with Crippen LogP contribution in [0.1, 0.15) is 19.8 Å². The van der Waals surface area contributed by atoms with E-state index in [1.165, 1.54) is 0 Å². The van der Waals surface area contributed by atoms with E-state index >= 15 is 0 Å². The van der Waals surface area contributed by atoms with Crippen LogP contribution in [0, 0.1) is 5.92 Å². The van der Waals surface area contributed by atoms with Gasteiger partial charge in [0.25, 0.3) is 0 Å². The Bertz CT molecular complexity index is 293. The van der Waals surface area contributed by atoms with Gasteiger partial charge in [0, 0.05) is 19.0 Å². The van der Waals surface area contributed by atoms with Gasteiger partial charge in [-0.1, -0.05) is 0 Å². The number of hydrogen-bond acceptors (Lipinski definition) is 4. The molecule has 2 unspecified atom stereocenters. The average molecular weight is 226 g/mol. The van der Waals surface area contributed by atoms with E-state index in [0.717, 1.165) is 32.5 Å². The molecule has 0 radical (unpaired) electrons. The number of amides is 1. The maximum atomic E-state index is 11.3. The van der Waals surface area contributed by atoms with E-state index in [2.05, 4.69) is 10.2 Å². The van der Waals surface area contributed by atoms with Crippen LogP contribution in [0.25, 0.3) is 0 Å². The van der Waals surface area contributed by atoms with E-state index in [-0.39, 0.29) is 23.9 Å². The summed E-state index contributed by atoms with van der Waals surface area (Å²) in [6.45, 7) is 4.79. The third kappa shape index (κ3) is 2.72. The summed E-state index contributed by atoms with van der Waals surface area (Å²) in [5.41, 5.74) is 0. The van der Waals surface area contributed by atoms with Crippen LogP contribution in [-0.2, 0) is 9.53 Å². The van der Waals surface area contributed by atoms with Crippen molar-refractivity contribution in [2.24, 2.45) is 5.92 Å². The summed E-state index contributed by atoms with van der Waals surface area (Å²) in [6.07, 6.45) is 1.66. The fraction of sp³-hybridized carbons (Fsp3) is 0.818. The van der Waals surface area contributed by atoms with Crippen LogP contribution in [0.2, 0.25) is 0 Å².